The van der Waals surface area contributed by atoms with Gasteiger partial charge in [0.25, 0.3) is 5.91 Å². The number of carbonyl (C=O) groups excluding carboxylic acids is 2. The van der Waals surface area contributed by atoms with E-state index in [9.17, 15) is 9.59 Å². The number of amides is 2. The Morgan fingerprint density at radius 1 is 1.73 bits per heavy atom. The normalized spacial score (nSPS) is 29.8. The molecule has 62 valence electrons. The lowest BCUT2D eigenvalue weighted by Gasteiger charge is -2.07. The molecule has 0 aromatic heterocycles. The first-order chi connectivity index (χ1) is 5.16. The summed E-state index contributed by atoms with van der Waals surface area (Å²) in [7, 11) is 0. The van der Waals surface area contributed by atoms with Gasteiger partial charge in [0.15, 0.2) is 0 Å². The molecular formula is C5H8N2O4. The van der Waals surface area contributed by atoms with Crippen LogP contribution in [0.15, 0.2) is 0 Å². The molecule has 2 unspecified atom stereocenters. The van der Waals surface area contributed by atoms with Crippen molar-refractivity contribution in [3.63, 3.8) is 0 Å². The van der Waals surface area contributed by atoms with Gasteiger partial charge in [-0.15, -0.1) is 0 Å². The third kappa shape index (κ3) is 1.31. The van der Waals surface area contributed by atoms with Gasteiger partial charge in [0.2, 0.25) is 5.91 Å². The Bertz CT molecular complexity index is 193. The SMILES string of the molecule is O=C(NO)C1C(=O)NCC1O. The van der Waals surface area contributed by atoms with E-state index in [-0.39, 0.29) is 6.54 Å². The second-order valence-corrected chi connectivity index (χ2v) is 2.27. The van der Waals surface area contributed by atoms with E-state index in [0.29, 0.717) is 0 Å². The Morgan fingerprint density at radius 3 is 2.73 bits per heavy atom. The van der Waals surface area contributed by atoms with E-state index in [2.05, 4.69) is 5.32 Å². The van der Waals surface area contributed by atoms with Crippen molar-refractivity contribution < 1.29 is 19.9 Å². The zero-order chi connectivity index (χ0) is 8.43. The quantitative estimate of drug-likeness (QED) is 0.195. The average molecular weight is 160 g/mol. The van der Waals surface area contributed by atoms with Crippen molar-refractivity contribution in [1.29, 1.82) is 0 Å². The zero-order valence-electron chi connectivity index (χ0n) is 5.57. The highest BCUT2D eigenvalue weighted by Crippen LogP contribution is 2.09. The predicted molar refractivity (Wildman–Crippen MR) is 32.4 cm³/mol. The summed E-state index contributed by atoms with van der Waals surface area (Å²) in [6, 6.07) is 0. The highest BCUT2D eigenvalue weighted by Gasteiger charge is 2.38. The highest BCUT2D eigenvalue weighted by atomic mass is 16.5. The molecule has 1 fully saturated rings. The Kier molecular flexibility index (Phi) is 2.06. The molecule has 0 aromatic rings. The van der Waals surface area contributed by atoms with Gasteiger partial charge in [0.05, 0.1) is 6.10 Å². The number of hydroxylamine groups is 1. The summed E-state index contributed by atoms with van der Waals surface area (Å²) in [6.07, 6.45) is -1.05. The molecule has 2 amide bonds. The maximum Gasteiger partial charge on any atom is 0.258 e. The fourth-order valence-electron chi connectivity index (χ4n) is 0.971. The standard InChI is InChI=1S/C5H8N2O4/c8-2-1-6-4(9)3(2)5(10)7-11/h2-3,8,11H,1H2,(H,6,9)(H,7,10). The maximum atomic E-state index is 10.7. The van der Waals surface area contributed by atoms with E-state index in [1.54, 1.807) is 0 Å². The second kappa shape index (κ2) is 2.85. The van der Waals surface area contributed by atoms with Crippen molar-refractivity contribution in [2.24, 2.45) is 5.92 Å². The molecule has 0 aliphatic carbocycles. The van der Waals surface area contributed by atoms with Gasteiger partial charge in [-0.25, -0.2) is 5.48 Å². The molecule has 0 saturated carbocycles. The number of rotatable bonds is 1. The number of nitrogens with one attached hydrogen (secondary N) is 2. The van der Waals surface area contributed by atoms with Gasteiger partial charge in [0, 0.05) is 6.54 Å². The van der Waals surface area contributed by atoms with Crippen LogP contribution in [-0.4, -0.2) is 34.8 Å². The molecule has 1 aliphatic rings. The van der Waals surface area contributed by atoms with Gasteiger partial charge in [-0.1, -0.05) is 0 Å². The van der Waals surface area contributed by atoms with Gasteiger partial charge in [-0.2, -0.15) is 0 Å². The number of carbonyl (C=O) groups is 2. The summed E-state index contributed by atoms with van der Waals surface area (Å²) >= 11 is 0. The smallest absolute Gasteiger partial charge is 0.258 e. The molecule has 0 aromatic carbocycles. The lowest BCUT2D eigenvalue weighted by atomic mass is 10.1. The predicted octanol–water partition coefficient (Wildman–Crippen LogP) is -2.40. The minimum Gasteiger partial charge on any atom is -0.390 e. The number of hydrogen-bond donors (Lipinski definition) is 4. The van der Waals surface area contributed by atoms with Crippen LogP contribution in [0.5, 0.6) is 0 Å². The summed E-state index contributed by atoms with van der Waals surface area (Å²) in [5, 5.41) is 19.4. The number of hydrogen-bond acceptors (Lipinski definition) is 4. The zero-order valence-corrected chi connectivity index (χ0v) is 5.57. The van der Waals surface area contributed by atoms with Crippen molar-refractivity contribution >= 4 is 11.8 Å². The van der Waals surface area contributed by atoms with Crippen molar-refractivity contribution in [3.05, 3.63) is 0 Å². The molecule has 4 N–H and O–H groups in total. The van der Waals surface area contributed by atoms with Crippen molar-refractivity contribution in [1.82, 2.24) is 10.8 Å². The molecule has 0 bridgehead atoms. The number of aliphatic hydroxyl groups is 1. The first-order valence-electron chi connectivity index (χ1n) is 3.06. The number of aliphatic hydroxyl groups excluding tert-OH is 1. The second-order valence-electron chi connectivity index (χ2n) is 2.27. The molecule has 1 aliphatic heterocycles. The minimum atomic E-state index is -1.18. The molecule has 11 heavy (non-hydrogen) atoms. The maximum absolute atomic E-state index is 10.7. The van der Waals surface area contributed by atoms with Crippen LogP contribution in [0.3, 0.4) is 0 Å². The molecule has 1 heterocycles. The minimum absolute atomic E-state index is 0.0525. The summed E-state index contributed by atoms with van der Waals surface area (Å²) in [4.78, 5) is 21.4. The molecule has 1 saturated heterocycles. The van der Waals surface area contributed by atoms with E-state index >= 15 is 0 Å². The molecule has 0 spiro atoms. The van der Waals surface area contributed by atoms with E-state index < -0.39 is 23.8 Å². The molecule has 6 heteroatoms. The van der Waals surface area contributed by atoms with Crippen LogP contribution in [0.2, 0.25) is 0 Å². The fourth-order valence-corrected chi connectivity index (χ4v) is 0.971. The van der Waals surface area contributed by atoms with Crippen molar-refractivity contribution in [2.45, 2.75) is 6.10 Å². The Morgan fingerprint density at radius 2 is 2.36 bits per heavy atom. The van der Waals surface area contributed by atoms with Gasteiger partial charge in [-0.05, 0) is 0 Å². The van der Waals surface area contributed by atoms with Crippen LogP contribution in [0, 0.1) is 5.92 Å². The van der Waals surface area contributed by atoms with Crippen LogP contribution in [-0.2, 0) is 9.59 Å². The van der Waals surface area contributed by atoms with Gasteiger partial charge >= 0.3 is 0 Å². The molecule has 1 rings (SSSR count). The monoisotopic (exact) mass is 160 g/mol. The van der Waals surface area contributed by atoms with E-state index in [1.165, 1.54) is 5.48 Å². The first-order valence-corrected chi connectivity index (χ1v) is 3.06. The van der Waals surface area contributed by atoms with E-state index in [1.807, 2.05) is 0 Å². The van der Waals surface area contributed by atoms with Gasteiger partial charge < -0.3 is 10.4 Å². The summed E-state index contributed by atoms with van der Waals surface area (Å²) in [5.41, 5.74) is 1.31. The fraction of sp³-hybridized carbons (Fsp3) is 0.600. The average Bonchev–Trinajstić information content (AvgIpc) is 2.30. The third-order valence-corrected chi connectivity index (χ3v) is 1.55. The summed E-state index contributed by atoms with van der Waals surface area (Å²) in [6.45, 7) is 0.0525. The van der Waals surface area contributed by atoms with Crippen molar-refractivity contribution in [3.8, 4) is 0 Å². The van der Waals surface area contributed by atoms with Gasteiger partial charge in [-0.3, -0.25) is 14.8 Å². The lowest BCUT2D eigenvalue weighted by molar-refractivity contribution is -0.141. The topological polar surface area (TPSA) is 98.7 Å². The Labute approximate surface area is 62.2 Å². The lowest BCUT2D eigenvalue weighted by Crippen LogP contribution is -2.37. The van der Waals surface area contributed by atoms with Crippen LogP contribution in [0.4, 0.5) is 0 Å². The van der Waals surface area contributed by atoms with Crippen LogP contribution < -0.4 is 10.8 Å². The highest BCUT2D eigenvalue weighted by molar-refractivity contribution is 6.02. The summed E-state index contributed by atoms with van der Waals surface area (Å²) < 4.78 is 0. The third-order valence-electron chi connectivity index (χ3n) is 1.55. The van der Waals surface area contributed by atoms with Crippen molar-refractivity contribution in [2.75, 3.05) is 6.54 Å². The van der Waals surface area contributed by atoms with Crippen LogP contribution in [0.25, 0.3) is 0 Å². The molecule has 6 nitrogen and oxygen atoms in total. The first kappa shape index (κ1) is 7.96. The van der Waals surface area contributed by atoms with E-state index in [4.69, 9.17) is 10.3 Å². The Balaban J connectivity index is 2.68. The van der Waals surface area contributed by atoms with Crippen LogP contribution >= 0.6 is 0 Å². The van der Waals surface area contributed by atoms with Crippen LogP contribution in [0.1, 0.15) is 0 Å². The summed E-state index contributed by atoms with van der Waals surface area (Å²) in [5.74, 6) is -2.63. The van der Waals surface area contributed by atoms with E-state index in [0.717, 1.165) is 0 Å². The number of β-amino-alcohol motifs (C(OH)–C–C–N with tert-alkyl or cyclic N) is 1. The molecule has 0 radical (unpaired) electrons. The molecule has 2 atom stereocenters. The Hall–Kier alpha value is -1.14. The molecular weight excluding hydrogens is 152 g/mol. The van der Waals surface area contributed by atoms with Gasteiger partial charge in [0.1, 0.15) is 5.92 Å². The largest absolute Gasteiger partial charge is 0.390 e.